The maximum Gasteiger partial charge on any atom is 0.325 e. The van der Waals surface area contributed by atoms with Gasteiger partial charge in [-0.2, -0.15) is 0 Å². The number of aromatic nitrogens is 2. The van der Waals surface area contributed by atoms with Crippen LogP contribution in [0.1, 0.15) is 18.9 Å². The van der Waals surface area contributed by atoms with E-state index in [0.29, 0.717) is 24.8 Å². The Bertz CT molecular complexity index is 709. The molecule has 1 N–H and O–H groups in total. The van der Waals surface area contributed by atoms with Crippen LogP contribution in [0.25, 0.3) is 0 Å². The predicted octanol–water partition coefficient (Wildman–Crippen LogP) is 2.35. The zero-order valence-corrected chi connectivity index (χ0v) is 15.5. The SMILES string of the molecule is CCOC(=O)CNC(=S)N(CCCn1ccnc1)Cc1cccc(F)c1. The molecule has 0 atom stereocenters. The summed E-state index contributed by atoms with van der Waals surface area (Å²) in [4.78, 5) is 17.5. The number of halogens is 1. The molecule has 0 aliphatic heterocycles. The Morgan fingerprint density at radius 3 is 3.00 bits per heavy atom. The molecular formula is C18H23FN4O2S. The molecule has 0 spiro atoms. The number of thiocarbonyl (C=S) groups is 1. The van der Waals surface area contributed by atoms with Gasteiger partial charge in [0.1, 0.15) is 12.4 Å². The Balaban J connectivity index is 1.94. The average Bonchev–Trinajstić information content (AvgIpc) is 3.12. The molecule has 0 saturated heterocycles. The van der Waals surface area contributed by atoms with Crippen molar-refractivity contribution < 1.29 is 13.9 Å². The summed E-state index contributed by atoms with van der Waals surface area (Å²) < 4.78 is 20.3. The summed E-state index contributed by atoms with van der Waals surface area (Å²) in [7, 11) is 0. The molecule has 0 aliphatic carbocycles. The number of hydrogen-bond donors (Lipinski definition) is 1. The monoisotopic (exact) mass is 378 g/mol. The lowest BCUT2D eigenvalue weighted by Gasteiger charge is -2.26. The van der Waals surface area contributed by atoms with Crippen molar-refractivity contribution in [1.29, 1.82) is 0 Å². The minimum absolute atomic E-state index is 0.00778. The van der Waals surface area contributed by atoms with Gasteiger partial charge < -0.3 is 19.5 Å². The fraction of sp³-hybridized carbons (Fsp3) is 0.389. The summed E-state index contributed by atoms with van der Waals surface area (Å²) in [6, 6.07) is 6.41. The van der Waals surface area contributed by atoms with E-state index in [1.165, 1.54) is 12.1 Å². The van der Waals surface area contributed by atoms with Crippen LogP contribution in [0.3, 0.4) is 0 Å². The highest BCUT2D eigenvalue weighted by Gasteiger charge is 2.12. The van der Waals surface area contributed by atoms with E-state index in [2.05, 4.69) is 10.3 Å². The Labute approximate surface area is 158 Å². The molecule has 0 fully saturated rings. The van der Waals surface area contributed by atoms with Crippen LogP contribution in [-0.2, 0) is 22.6 Å². The number of benzene rings is 1. The molecule has 1 heterocycles. The van der Waals surface area contributed by atoms with E-state index in [0.717, 1.165) is 18.5 Å². The molecule has 0 unspecified atom stereocenters. The molecular weight excluding hydrogens is 355 g/mol. The molecule has 6 nitrogen and oxygen atoms in total. The Morgan fingerprint density at radius 1 is 1.46 bits per heavy atom. The van der Waals surface area contributed by atoms with Crippen molar-refractivity contribution >= 4 is 23.3 Å². The zero-order valence-electron chi connectivity index (χ0n) is 14.7. The highest BCUT2D eigenvalue weighted by atomic mass is 32.1. The minimum Gasteiger partial charge on any atom is -0.465 e. The van der Waals surface area contributed by atoms with Crippen molar-refractivity contribution in [1.82, 2.24) is 19.8 Å². The summed E-state index contributed by atoms with van der Waals surface area (Å²) >= 11 is 5.42. The standard InChI is InChI=1S/C18H23FN4O2S/c1-2-25-17(24)12-21-18(26)23(9-4-8-22-10-7-20-14-22)13-15-5-3-6-16(19)11-15/h3,5-7,10-11,14H,2,4,8-9,12-13H2,1H3,(H,21,26). The van der Waals surface area contributed by atoms with E-state index < -0.39 is 0 Å². The fourth-order valence-corrected chi connectivity index (χ4v) is 2.67. The van der Waals surface area contributed by atoms with Crippen LogP contribution in [0.15, 0.2) is 43.0 Å². The maximum atomic E-state index is 13.5. The summed E-state index contributed by atoms with van der Waals surface area (Å²) in [6.45, 7) is 3.99. The largest absolute Gasteiger partial charge is 0.465 e. The van der Waals surface area contributed by atoms with E-state index in [1.54, 1.807) is 25.5 Å². The third-order valence-electron chi connectivity index (χ3n) is 3.64. The van der Waals surface area contributed by atoms with Gasteiger partial charge in [-0.1, -0.05) is 12.1 Å². The Hall–Kier alpha value is -2.48. The Morgan fingerprint density at radius 2 is 2.31 bits per heavy atom. The number of hydrogen-bond acceptors (Lipinski definition) is 4. The number of esters is 1. The van der Waals surface area contributed by atoms with E-state index in [-0.39, 0.29) is 18.3 Å². The van der Waals surface area contributed by atoms with Gasteiger partial charge in [0.15, 0.2) is 5.11 Å². The Kier molecular flexibility index (Phi) is 8.01. The van der Waals surface area contributed by atoms with Crippen LogP contribution in [0, 0.1) is 5.82 Å². The van der Waals surface area contributed by atoms with Crippen LogP contribution >= 0.6 is 12.2 Å². The summed E-state index contributed by atoms with van der Waals surface area (Å²) in [5.41, 5.74) is 0.813. The number of imidazole rings is 1. The molecule has 2 rings (SSSR count). The summed E-state index contributed by atoms with van der Waals surface area (Å²) in [5.74, 6) is -0.648. The molecule has 0 amide bonds. The number of nitrogens with zero attached hydrogens (tertiary/aromatic N) is 3. The first-order chi connectivity index (χ1) is 12.6. The molecule has 1 aromatic heterocycles. The van der Waals surface area contributed by atoms with Crippen molar-refractivity contribution in [2.24, 2.45) is 0 Å². The lowest BCUT2D eigenvalue weighted by Crippen LogP contribution is -2.42. The van der Waals surface area contributed by atoms with Gasteiger partial charge in [0, 0.05) is 32.0 Å². The molecule has 26 heavy (non-hydrogen) atoms. The van der Waals surface area contributed by atoms with E-state index in [1.807, 2.05) is 21.7 Å². The van der Waals surface area contributed by atoms with Crippen molar-refractivity contribution in [3.05, 3.63) is 54.4 Å². The first-order valence-electron chi connectivity index (χ1n) is 8.47. The third kappa shape index (κ3) is 6.79. The van der Waals surface area contributed by atoms with E-state index >= 15 is 0 Å². The van der Waals surface area contributed by atoms with Gasteiger partial charge in [-0.05, 0) is 43.3 Å². The maximum absolute atomic E-state index is 13.5. The highest BCUT2D eigenvalue weighted by molar-refractivity contribution is 7.80. The van der Waals surface area contributed by atoms with Gasteiger partial charge in [-0.3, -0.25) is 4.79 Å². The van der Waals surface area contributed by atoms with Gasteiger partial charge in [0.2, 0.25) is 0 Å². The van der Waals surface area contributed by atoms with Gasteiger partial charge in [0.25, 0.3) is 0 Å². The molecule has 8 heteroatoms. The van der Waals surface area contributed by atoms with E-state index in [4.69, 9.17) is 17.0 Å². The predicted molar refractivity (Wildman–Crippen MR) is 101 cm³/mol. The first-order valence-corrected chi connectivity index (χ1v) is 8.88. The quantitative estimate of drug-likeness (QED) is 0.534. The number of aryl methyl sites for hydroxylation is 1. The second-order valence-corrected chi connectivity index (χ2v) is 6.06. The highest BCUT2D eigenvalue weighted by Crippen LogP contribution is 2.09. The van der Waals surface area contributed by atoms with Crippen molar-refractivity contribution in [3.63, 3.8) is 0 Å². The van der Waals surface area contributed by atoms with Gasteiger partial charge in [-0.15, -0.1) is 0 Å². The number of nitrogens with one attached hydrogen (secondary N) is 1. The van der Waals surface area contributed by atoms with E-state index in [9.17, 15) is 9.18 Å². The molecule has 1 aromatic carbocycles. The minimum atomic E-state index is -0.362. The fourth-order valence-electron chi connectivity index (χ4n) is 2.44. The summed E-state index contributed by atoms with van der Waals surface area (Å²) in [6.07, 6.45) is 6.21. The van der Waals surface area contributed by atoms with Crippen LogP contribution in [0.4, 0.5) is 4.39 Å². The topological polar surface area (TPSA) is 59.4 Å². The van der Waals surface area contributed by atoms with Crippen LogP contribution in [0.5, 0.6) is 0 Å². The second kappa shape index (κ2) is 10.5. The molecule has 0 radical (unpaired) electrons. The third-order valence-corrected chi connectivity index (χ3v) is 4.05. The number of ether oxygens (including phenoxy) is 1. The summed E-state index contributed by atoms with van der Waals surface area (Å²) in [5, 5.41) is 3.35. The zero-order chi connectivity index (χ0) is 18.8. The number of carbonyl (C=O) groups is 1. The average molecular weight is 378 g/mol. The van der Waals surface area contributed by atoms with Crippen LogP contribution in [-0.4, -0.2) is 45.2 Å². The lowest BCUT2D eigenvalue weighted by molar-refractivity contribution is -0.141. The molecule has 0 bridgehead atoms. The second-order valence-electron chi connectivity index (χ2n) is 5.67. The van der Waals surface area contributed by atoms with Gasteiger partial charge in [0.05, 0.1) is 12.9 Å². The molecule has 0 aliphatic rings. The molecule has 0 saturated carbocycles. The molecule has 2 aromatic rings. The van der Waals surface area contributed by atoms with Crippen molar-refractivity contribution in [2.45, 2.75) is 26.4 Å². The lowest BCUT2D eigenvalue weighted by atomic mass is 10.2. The van der Waals surface area contributed by atoms with Crippen LogP contribution in [0.2, 0.25) is 0 Å². The molecule has 140 valence electrons. The number of rotatable bonds is 9. The smallest absolute Gasteiger partial charge is 0.325 e. The van der Waals surface area contributed by atoms with Crippen LogP contribution < -0.4 is 5.32 Å². The van der Waals surface area contributed by atoms with Gasteiger partial charge in [-0.25, -0.2) is 9.37 Å². The van der Waals surface area contributed by atoms with Crippen molar-refractivity contribution in [3.8, 4) is 0 Å². The van der Waals surface area contributed by atoms with Crippen molar-refractivity contribution in [2.75, 3.05) is 19.7 Å². The number of carbonyl (C=O) groups excluding carboxylic acids is 1. The first kappa shape index (κ1) is 19.8. The van der Waals surface area contributed by atoms with Gasteiger partial charge >= 0.3 is 5.97 Å². The normalized spacial score (nSPS) is 10.4.